The Morgan fingerprint density at radius 3 is 2.64 bits per heavy atom. The van der Waals surface area contributed by atoms with Crippen molar-refractivity contribution in [3.63, 3.8) is 0 Å². The molecule has 0 atom stereocenters. The molecule has 1 saturated heterocycles. The van der Waals surface area contributed by atoms with Gasteiger partial charge in [-0.1, -0.05) is 13.8 Å². The van der Waals surface area contributed by atoms with Gasteiger partial charge in [0.05, 0.1) is 13.7 Å². The highest BCUT2D eigenvalue weighted by molar-refractivity contribution is 5.95. The average molecular weight is 306 g/mol. The Kier molecular flexibility index (Phi) is 6.07. The highest BCUT2D eigenvalue weighted by atomic mass is 16.5. The number of rotatable bonds is 6. The van der Waals surface area contributed by atoms with Crippen LogP contribution in [0.5, 0.6) is 11.5 Å². The molecule has 1 aromatic carbocycles. The van der Waals surface area contributed by atoms with E-state index >= 15 is 0 Å². The van der Waals surface area contributed by atoms with Crippen molar-refractivity contribution in [1.29, 1.82) is 0 Å². The third kappa shape index (κ3) is 4.37. The predicted molar refractivity (Wildman–Crippen MR) is 86.7 cm³/mol. The van der Waals surface area contributed by atoms with E-state index in [2.05, 4.69) is 19.2 Å². The van der Waals surface area contributed by atoms with Crippen molar-refractivity contribution in [1.82, 2.24) is 10.2 Å². The van der Waals surface area contributed by atoms with Gasteiger partial charge in [0.25, 0.3) is 5.91 Å². The molecule has 22 heavy (non-hydrogen) atoms. The number of hydrogen-bond acceptors (Lipinski definition) is 4. The average Bonchev–Trinajstić information content (AvgIpc) is 2.55. The molecule has 0 aromatic heterocycles. The van der Waals surface area contributed by atoms with Crippen LogP contribution in [-0.4, -0.2) is 50.7 Å². The molecule has 122 valence electrons. The van der Waals surface area contributed by atoms with Crippen LogP contribution in [0.15, 0.2) is 18.2 Å². The van der Waals surface area contributed by atoms with Gasteiger partial charge in [-0.15, -0.1) is 0 Å². The molecule has 1 fully saturated rings. The second kappa shape index (κ2) is 8.03. The first-order chi connectivity index (χ1) is 10.6. The fourth-order valence-electron chi connectivity index (χ4n) is 2.37. The maximum absolute atomic E-state index is 12.5. The van der Waals surface area contributed by atoms with Crippen LogP contribution in [0.25, 0.3) is 0 Å². The number of amides is 1. The van der Waals surface area contributed by atoms with Gasteiger partial charge < -0.3 is 19.7 Å². The van der Waals surface area contributed by atoms with Crippen LogP contribution in [0.3, 0.4) is 0 Å². The zero-order valence-corrected chi connectivity index (χ0v) is 13.7. The summed E-state index contributed by atoms with van der Waals surface area (Å²) in [7, 11) is 1.60. The second-order valence-electron chi connectivity index (χ2n) is 5.94. The number of nitrogens with zero attached hydrogens (tertiary/aromatic N) is 1. The molecule has 1 aromatic rings. The van der Waals surface area contributed by atoms with Crippen LogP contribution in [0.1, 0.15) is 30.6 Å². The van der Waals surface area contributed by atoms with Crippen molar-refractivity contribution in [2.24, 2.45) is 5.92 Å². The van der Waals surface area contributed by atoms with Crippen LogP contribution >= 0.6 is 0 Å². The van der Waals surface area contributed by atoms with Crippen LogP contribution in [0.2, 0.25) is 0 Å². The van der Waals surface area contributed by atoms with E-state index in [1.54, 1.807) is 13.2 Å². The SMILES string of the molecule is COc1cc(C(=O)N2CCNCC2)ccc1OCCC(C)C. The molecular weight excluding hydrogens is 280 g/mol. The zero-order valence-electron chi connectivity index (χ0n) is 13.7. The lowest BCUT2D eigenvalue weighted by Crippen LogP contribution is -2.46. The number of ether oxygens (including phenoxy) is 2. The van der Waals surface area contributed by atoms with Gasteiger partial charge in [-0.25, -0.2) is 0 Å². The van der Waals surface area contributed by atoms with Crippen molar-refractivity contribution in [3.05, 3.63) is 23.8 Å². The minimum absolute atomic E-state index is 0.0496. The van der Waals surface area contributed by atoms with Crippen LogP contribution in [0, 0.1) is 5.92 Å². The van der Waals surface area contributed by atoms with E-state index in [0.717, 1.165) is 32.6 Å². The quantitative estimate of drug-likeness (QED) is 0.875. The van der Waals surface area contributed by atoms with E-state index in [1.165, 1.54) is 0 Å². The predicted octanol–water partition coefficient (Wildman–Crippen LogP) is 2.17. The summed E-state index contributed by atoms with van der Waals surface area (Å²) in [5, 5.41) is 3.25. The van der Waals surface area contributed by atoms with Gasteiger partial charge in [-0.05, 0) is 30.5 Å². The Morgan fingerprint density at radius 2 is 2.00 bits per heavy atom. The third-order valence-electron chi connectivity index (χ3n) is 3.77. The van der Waals surface area contributed by atoms with Crippen molar-refractivity contribution in [3.8, 4) is 11.5 Å². The molecule has 1 amide bonds. The van der Waals surface area contributed by atoms with Gasteiger partial charge in [0.15, 0.2) is 11.5 Å². The summed E-state index contributed by atoms with van der Waals surface area (Å²) in [6.45, 7) is 8.16. The lowest BCUT2D eigenvalue weighted by atomic mass is 10.1. The highest BCUT2D eigenvalue weighted by Gasteiger charge is 2.19. The van der Waals surface area contributed by atoms with Gasteiger partial charge >= 0.3 is 0 Å². The van der Waals surface area contributed by atoms with Crippen molar-refractivity contribution in [2.75, 3.05) is 39.9 Å². The largest absolute Gasteiger partial charge is 0.493 e. The molecule has 0 saturated carbocycles. The number of methoxy groups -OCH3 is 1. The Hall–Kier alpha value is -1.75. The first kappa shape index (κ1) is 16.6. The van der Waals surface area contributed by atoms with Crippen LogP contribution in [-0.2, 0) is 0 Å². The monoisotopic (exact) mass is 306 g/mol. The van der Waals surface area contributed by atoms with Gasteiger partial charge in [0.2, 0.25) is 0 Å². The van der Waals surface area contributed by atoms with Crippen LogP contribution < -0.4 is 14.8 Å². The Labute approximate surface area is 132 Å². The molecule has 5 nitrogen and oxygen atoms in total. The number of hydrogen-bond donors (Lipinski definition) is 1. The number of carbonyl (C=O) groups is 1. The molecule has 5 heteroatoms. The second-order valence-corrected chi connectivity index (χ2v) is 5.94. The van der Waals surface area contributed by atoms with Crippen molar-refractivity contribution < 1.29 is 14.3 Å². The summed E-state index contributed by atoms with van der Waals surface area (Å²) in [6, 6.07) is 5.42. The Bertz CT molecular complexity index is 497. The molecule has 0 spiro atoms. The van der Waals surface area contributed by atoms with E-state index in [0.29, 0.717) is 29.6 Å². The van der Waals surface area contributed by atoms with Gasteiger partial charge in [0, 0.05) is 31.7 Å². The molecule has 1 heterocycles. The molecule has 2 rings (SSSR count). The van der Waals surface area contributed by atoms with E-state index in [1.807, 2.05) is 17.0 Å². The lowest BCUT2D eigenvalue weighted by Gasteiger charge is -2.27. The maximum Gasteiger partial charge on any atom is 0.254 e. The smallest absolute Gasteiger partial charge is 0.254 e. The normalized spacial score (nSPS) is 15.0. The molecule has 0 bridgehead atoms. The summed E-state index contributed by atoms with van der Waals surface area (Å²) in [4.78, 5) is 14.3. The van der Waals surface area contributed by atoms with Gasteiger partial charge in [-0.2, -0.15) is 0 Å². The fourth-order valence-corrected chi connectivity index (χ4v) is 2.37. The van der Waals surface area contributed by atoms with Crippen molar-refractivity contribution >= 4 is 5.91 Å². The molecular formula is C17H26N2O3. The lowest BCUT2D eigenvalue weighted by molar-refractivity contribution is 0.0735. The first-order valence-corrected chi connectivity index (χ1v) is 7.92. The Balaban J connectivity index is 2.05. The minimum atomic E-state index is 0.0496. The molecule has 1 N–H and O–H groups in total. The molecule has 1 aliphatic heterocycles. The van der Waals surface area contributed by atoms with E-state index in [4.69, 9.17) is 9.47 Å². The standard InChI is InChI=1S/C17H26N2O3/c1-13(2)6-11-22-15-5-4-14(12-16(15)21-3)17(20)19-9-7-18-8-10-19/h4-5,12-13,18H,6-11H2,1-3H3. The number of carbonyl (C=O) groups excluding carboxylic acids is 1. The summed E-state index contributed by atoms with van der Waals surface area (Å²) in [5.41, 5.74) is 0.648. The van der Waals surface area contributed by atoms with Gasteiger partial charge in [-0.3, -0.25) is 4.79 Å². The summed E-state index contributed by atoms with van der Waals surface area (Å²) >= 11 is 0. The highest BCUT2D eigenvalue weighted by Crippen LogP contribution is 2.29. The zero-order chi connectivity index (χ0) is 15.9. The molecule has 0 unspecified atom stereocenters. The third-order valence-corrected chi connectivity index (χ3v) is 3.77. The number of nitrogens with one attached hydrogen (secondary N) is 1. The maximum atomic E-state index is 12.5. The Morgan fingerprint density at radius 1 is 1.27 bits per heavy atom. The fraction of sp³-hybridized carbons (Fsp3) is 0.588. The summed E-state index contributed by atoms with van der Waals surface area (Å²) in [5.74, 6) is 1.96. The minimum Gasteiger partial charge on any atom is -0.493 e. The number of piperazine rings is 1. The van der Waals surface area contributed by atoms with Crippen molar-refractivity contribution in [2.45, 2.75) is 20.3 Å². The summed E-state index contributed by atoms with van der Waals surface area (Å²) in [6.07, 6.45) is 0.991. The van der Waals surface area contributed by atoms with E-state index in [-0.39, 0.29) is 5.91 Å². The van der Waals surface area contributed by atoms with Gasteiger partial charge in [0.1, 0.15) is 0 Å². The first-order valence-electron chi connectivity index (χ1n) is 7.92. The van der Waals surface area contributed by atoms with Crippen LogP contribution in [0.4, 0.5) is 0 Å². The molecule has 0 radical (unpaired) electrons. The topological polar surface area (TPSA) is 50.8 Å². The van der Waals surface area contributed by atoms with E-state index < -0.39 is 0 Å². The molecule has 1 aliphatic rings. The molecule has 0 aliphatic carbocycles. The number of benzene rings is 1. The van der Waals surface area contributed by atoms with E-state index in [9.17, 15) is 4.79 Å². The summed E-state index contributed by atoms with van der Waals surface area (Å²) < 4.78 is 11.1.